The largest absolute Gasteiger partial charge is 0.338 e. The van der Waals surface area contributed by atoms with E-state index in [1.807, 2.05) is 6.92 Å². The molecule has 0 spiro atoms. The predicted octanol–water partition coefficient (Wildman–Crippen LogP) is 3.90. The van der Waals surface area contributed by atoms with Crippen molar-refractivity contribution < 1.29 is 9.59 Å². The smallest absolute Gasteiger partial charge is 0.319 e. The molecule has 0 aromatic carbocycles. The van der Waals surface area contributed by atoms with Crippen LogP contribution in [0.3, 0.4) is 0 Å². The first-order valence-corrected chi connectivity index (χ1v) is 9.08. The van der Waals surface area contributed by atoms with E-state index in [0.29, 0.717) is 30.8 Å². The van der Waals surface area contributed by atoms with E-state index in [0.717, 1.165) is 0 Å². The maximum atomic E-state index is 12.1. The van der Waals surface area contributed by atoms with Gasteiger partial charge in [0.1, 0.15) is 0 Å². The maximum Gasteiger partial charge on any atom is 0.319 e. The normalized spacial score (nSPS) is 11.4. The molecule has 4 N–H and O–H groups in total. The van der Waals surface area contributed by atoms with Crippen molar-refractivity contribution in [2.75, 3.05) is 17.2 Å². The van der Waals surface area contributed by atoms with Crippen LogP contribution < -0.4 is 21.3 Å². The van der Waals surface area contributed by atoms with Gasteiger partial charge >= 0.3 is 12.1 Å². The molecule has 10 heteroatoms. The first-order chi connectivity index (χ1) is 13.0. The number of urea groups is 2. The second kappa shape index (κ2) is 10.5. The maximum absolute atomic E-state index is 12.1. The number of halogens is 2. The third-order valence-electron chi connectivity index (χ3n) is 3.62. The van der Waals surface area contributed by atoms with E-state index in [4.69, 9.17) is 23.2 Å². The summed E-state index contributed by atoms with van der Waals surface area (Å²) < 4.78 is 0. The van der Waals surface area contributed by atoms with Crippen LogP contribution in [0.25, 0.3) is 0 Å². The summed E-state index contributed by atoms with van der Waals surface area (Å²) in [7, 11) is 0. The summed E-state index contributed by atoms with van der Waals surface area (Å²) >= 11 is 11.8. The van der Waals surface area contributed by atoms with Crippen LogP contribution in [0.5, 0.6) is 0 Å². The highest BCUT2D eigenvalue weighted by Gasteiger charge is 2.13. The number of hydrogen-bond acceptors (Lipinski definition) is 4. The number of rotatable bonds is 7. The van der Waals surface area contributed by atoms with Crippen molar-refractivity contribution in [2.24, 2.45) is 0 Å². The Morgan fingerprint density at radius 1 is 1.00 bits per heavy atom. The van der Waals surface area contributed by atoms with Gasteiger partial charge in [-0.1, -0.05) is 30.1 Å². The lowest BCUT2D eigenvalue weighted by atomic mass is 10.1. The number of carbonyl (C=O) groups excluding carboxylic acids is 2. The highest BCUT2D eigenvalue weighted by molar-refractivity contribution is 6.32. The Labute approximate surface area is 167 Å². The van der Waals surface area contributed by atoms with Crippen molar-refractivity contribution in [1.82, 2.24) is 20.6 Å². The van der Waals surface area contributed by atoms with Gasteiger partial charge in [0.2, 0.25) is 0 Å². The molecule has 1 atom stereocenters. The number of pyridine rings is 2. The van der Waals surface area contributed by atoms with E-state index < -0.39 is 6.03 Å². The number of anilines is 2. The molecule has 2 heterocycles. The molecule has 27 heavy (non-hydrogen) atoms. The fourth-order valence-electron chi connectivity index (χ4n) is 2.21. The number of carbonyl (C=O) groups is 2. The van der Waals surface area contributed by atoms with E-state index in [9.17, 15) is 9.59 Å². The lowest BCUT2D eigenvalue weighted by molar-refractivity contribution is 0.246. The van der Waals surface area contributed by atoms with Crippen LogP contribution in [-0.4, -0.2) is 34.6 Å². The lowest BCUT2D eigenvalue weighted by Crippen LogP contribution is -2.40. The summed E-state index contributed by atoms with van der Waals surface area (Å²) in [5, 5.41) is 11.2. The molecule has 0 bridgehead atoms. The highest BCUT2D eigenvalue weighted by atomic mass is 35.5. The van der Waals surface area contributed by atoms with Crippen LogP contribution in [0.1, 0.15) is 19.8 Å². The second-order valence-corrected chi connectivity index (χ2v) is 6.27. The average Bonchev–Trinajstić information content (AvgIpc) is 2.64. The zero-order chi connectivity index (χ0) is 19.6. The Kier molecular flexibility index (Phi) is 8.09. The zero-order valence-corrected chi connectivity index (χ0v) is 16.1. The summed E-state index contributed by atoms with van der Waals surface area (Å²) in [5.41, 5.74) is 0.854. The van der Waals surface area contributed by atoms with Crippen molar-refractivity contribution in [3.8, 4) is 0 Å². The SMILES string of the molecule is CCC(CCNC(=O)Nc1cccnc1Cl)NC(=O)Nc1cccnc1Cl. The number of nitrogens with zero attached hydrogens (tertiary/aromatic N) is 2. The van der Waals surface area contributed by atoms with E-state index in [1.54, 1.807) is 24.3 Å². The first-order valence-electron chi connectivity index (χ1n) is 8.33. The van der Waals surface area contributed by atoms with Gasteiger partial charge in [-0.2, -0.15) is 0 Å². The number of amides is 4. The summed E-state index contributed by atoms with van der Waals surface area (Å²) in [4.78, 5) is 31.8. The molecule has 144 valence electrons. The van der Waals surface area contributed by atoms with Crippen LogP contribution in [0.15, 0.2) is 36.7 Å². The fraction of sp³-hybridized carbons (Fsp3) is 0.294. The highest BCUT2D eigenvalue weighted by Crippen LogP contribution is 2.18. The predicted molar refractivity (Wildman–Crippen MR) is 106 cm³/mol. The van der Waals surface area contributed by atoms with Crippen molar-refractivity contribution in [1.29, 1.82) is 0 Å². The van der Waals surface area contributed by atoms with Gasteiger partial charge in [0.25, 0.3) is 0 Å². The molecule has 0 saturated heterocycles. The molecular formula is C17H20Cl2N6O2. The minimum absolute atomic E-state index is 0.122. The van der Waals surface area contributed by atoms with E-state index in [-0.39, 0.29) is 22.4 Å². The van der Waals surface area contributed by atoms with Crippen LogP contribution in [0.4, 0.5) is 21.0 Å². The Hall–Kier alpha value is -2.58. The van der Waals surface area contributed by atoms with Crippen LogP contribution in [0.2, 0.25) is 10.3 Å². The molecule has 2 aromatic heterocycles. The minimum Gasteiger partial charge on any atom is -0.338 e. The van der Waals surface area contributed by atoms with Gasteiger partial charge in [-0.05, 0) is 37.1 Å². The molecule has 0 aliphatic rings. The molecule has 0 fully saturated rings. The van der Waals surface area contributed by atoms with E-state index >= 15 is 0 Å². The van der Waals surface area contributed by atoms with Gasteiger partial charge in [0.15, 0.2) is 10.3 Å². The molecule has 0 radical (unpaired) electrons. The molecule has 2 aromatic rings. The molecule has 0 aliphatic heterocycles. The Balaban J connectivity index is 1.74. The Morgan fingerprint density at radius 3 is 2.07 bits per heavy atom. The van der Waals surface area contributed by atoms with Crippen LogP contribution in [-0.2, 0) is 0 Å². The fourth-order valence-corrected chi connectivity index (χ4v) is 2.54. The van der Waals surface area contributed by atoms with E-state index in [1.165, 1.54) is 12.4 Å². The third-order valence-corrected chi connectivity index (χ3v) is 4.22. The minimum atomic E-state index is -0.397. The van der Waals surface area contributed by atoms with Gasteiger partial charge in [0.05, 0.1) is 11.4 Å². The Bertz CT molecular complexity index is 790. The van der Waals surface area contributed by atoms with Crippen molar-refractivity contribution in [3.63, 3.8) is 0 Å². The van der Waals surface area contributed by atoms with E-state index in [2.05, 4.69) is 31.2 Å². The van der Waals surface area contributed by atoms with Crippen LogP contribution >= 0.6 is 23.2 Å². The number of aromatic nitrogens is 2. The van der Waals surface area contributed by atoms with Gasteiger partial charge in [-0.15, -0.1) is 0 Å². The summed E-state index contributed by atoms with van der Waals surface area (Å²) in [6.45, 7) is 2.31. The quantitative estimate of drug-likeness (QED) is 0.519. The summed E-state index contributed by atoms with van der Waals surface area (Å²) in [6.07, 6.45) is 4.33. The number of nitrogens with one attached hydrogen (secondary N) is 4. The molecule has 4 amide bonds. The first kappa shape index (κ1) is 20.7. The van der Waals surface area contributed by atoms with Gasteiger partial charge < -0.3 is 21.3 Å². The monoisotopic (exact) mass is 410 g/mol. The lowest BCUT2D eigenvalue weighted by Gasteiger charge is -2.18. The molecule has 0 saturated carbocycles. The molecule has 0 aliphatic carbocycles. The summed E-state index contributed by atoms with van der Waals surface area (Å²) in [6, 6.07) is 5.75. The molecule has 2 rings (SSSR count). The zero-order valence-electron chi connectivity index (χ0n) is 14.6. The molecule has 8 nitrogen and oxygen atoms in total. The molecule has 1 unspecified atom stereocenters. The standard InChI is InChI=1S/C17H20Cl2N6O2/c1-2-11(23-17(27)25-13-6-4-9-21-15(13)19)7-10-22-16(26)24-12-5-3-8-20-14(12)18/h3-6,8-9,11H,2,7,10H2,1H3,(H2,22,24,26)(H2,23,25,27). The van der Waals surface area contributed by atoms with Crippen molar-refractivity contribution in [3.05, 3.63) is 47.0 Å². The second-order valence-electron chi connectivity index (χ2n) is 5.56. The topological polar surface area (TPSA) is 108 Å². The average molecular weight is 411 g/mol. The van der Waals surface area contributed by atoms with Crippen molar-refractivity contribution >= 4 is 46.6 Å². The third kappa shape index (κ3) is 6.92. The van der Waals surface area contributed by atoms with Gasteiger partial charge in [0, 0.05) is 25.0 Å². The van der Waals surface area contributed by atoms with Gasteiger partial charge in [-0.3, -0.25) is 0 Å². The summed E-state index contributed by atoms with van der Waals surface area (Å²) in [5.74, 6) is 0. The molecular weight excluding hydrogens is 391 g/mol. The van der Waals surface area contributed by atoms with Crippen molar-refractivity contribution in [2.45, 2.75) is 25.8 Å². The Morgan fingerprint density at radius 2 is 1.56 bits per heavy atom. The number of hydrogen-bond donors (Lipinski definition) is 4. The van der Waals surface area contributed by atoms with Gasteiger partial charge in [-0.25, -0.2) is 19.6 Å². The van der Waals surface area contributed by atoms with Crippen LogP contribution in [0, 0.1) is 0 Å².